The van der Waals surface area contributed by atoms with Crippen LogP contribution in [0.3, 0.4) is 0 Å². The third-order valence-corrected chi connectivity index (χ3v) is 7.56. The number of hydrogen-bond donors (Lipinski definition) is 1. The molecule has 2 aromatic rings. The molecule has 1 aliphatic heterocycles. The summed E-state index contributed by atoms with van der Waals surface area (Å²) in [6.07, 6.45) is 1.74. The SMILES string of the molecule is CCCC1=C(C(=O)OCC)C(c2ccc(F)cc2)C2=C(CC(c3cccs3)C(C(=O)OCC)C2=O)N1. The average Bonchev–Trinajstić information content (AvgIpc) is 3.39. The molecule has 0 saturated carbocycles. The molecule has 1 aromatic heterocycles. The molecule has 1 aromatic carbocycles. The second-order valence-electron chi connectivity index (χ2n) is 8.78. The smallest absolute Gasteiger partial charge is 0.336 e. The van der Waals surface area contributed by atoms with E-state index in [0.29, 0.717) is 40.9 Å². The van der Waals surface area contributed by atoms with Gasteiger partial charge in [-0.1, -0.05) is 31.5 Å². The lowest BCUT2D eigenvalue weighted by molar-refractivity contribution is -0.152. The van der Waals surface area contributed by atoms with E-state index in [1.807, 2.05) is 24.4 Å². The highest BCUT2D eigenvalue weighted by Crippen LogP contribution is 2.49. The quantitative estimate of drug-likeness (QED) is 0.379. The van der Waals surface area contributed by atoms with Crippen molar-refractivity contribution < 1.29 is 28.2 Å². The Bertz CT molecular complexity index is 1200. The number of Topliss-reactive ketones (excluding diaryl/α,β-unsaturated/α-hetero) is 1. The molecule has 8 heteroatoms. The van der Waals surface area contributed by atoms with Gasteiger partial charge < -0.3 is 14.8 Å². The van der Waals surface area contributed by atoms with Crippen molar-refractivity contribution >= 4 is 29.1 Å². The number of ketones is 1. The van der Waals surface area contributed by atoms with Gasteiger partial charge in [-0.05, 0) is 55.8 Å². The first-order valence-corrected chi connectivity index (χ1v) is 13.2. The van der Waals surface area contributed by atoms with Crippen molar-refractivity contribution in [3.63, 3.8) is 0 Å². The van der Waals surface area contributed by atoms with Crippen molar-refractivity contribution in [2.75, 3.05) is 13.2 Å². The Kier molecular flexibility index (Phi) is 8.04. The van der Waals surface area contributed by atoms with Crippen LogP contribution in [0.4, 0.5) is 4.39 Å². The first-order chi connectivity index (χ1) is 17.4. The summed E-state index contributed by atoms with van der Waals surface area (Å²) in [7, 11) is 0. The van der Waals surface area contributed by atoms with Gasteiger partial charge in [-0.3, -0.25) is 9.59 Å². The summed E-state index contributed by atoms with van der Waals surface area (Å²) in [5, 5.41) is 5.31. The van der Waals surface area contributed by atoms with Gasteiger partial charge in [0.05, 0.1) is 18.8 Å². The average molecular weight is 512 g/mol. The van der Waals surface area contributed by atoms with E-state index in [-0.39, 0.29) is 24.9 Å². The summed E-state index contributed by atoms with van der Waals surface area (Å²) in [6, 6.07) is 9.60. The van der Waals surface area contributed by atoms with Gasteiger partial charge >= 0.3 is 11.9 Å². The zero-order chi connectivity index (χ0) is 25.8. The molecule has 0 saturated heterocycles. The minimum atomic E-state index is -1.04. The number of nitrogens with one attached hydrogen (secondary N) is 1. The van der Waals surface area contributed by atoms with Crippen LogP contribution in [0.15, 0.2) is 64.3 Å². The summed E-state index contributed by atoms with van der Waals surface area (Å²) in [4.78, 5) is 41.5. The fourth-order valence-corrected chi connectivity index (χ4v) is 5.97. The molecule has 3 atom stereocenters. The van der Waals surface area contributed by atoms with E-state index in [9.17, 15) is 18.8 Å². The number of rotatable bonds is 8. The zero-order valence-electron chi connectivity index (χ0n) is 20.6. The topological polar surface area (TPSA) is 81.7 Å². The zero-order valence-corrected chi connectivity index (χ0v) is 21.5. The van der Waals surface area contributed by atoms with Crippen molar-refractivity contribution in [1.29, 1.82) is 0 Å². The summed E-state index contributed by atoms with van der Waals surface area (Å²) in [5.74, 6) is -4.12. The minimum absolute atomic E-state index is 0.153. The highest BCUT2D eigenvalue weighted by atomic mass is 32.1. The lowest BCUT2D eigenvalue weighted by Crippen LogP contribution is -2.43. The first kappa shape index (κ1) is 25.8. The standard InChI is InChI=1S/C28H30FNO5S/c1-4-8-19-25(28(33)35-6-3)22(16-10-12-17(29)13-11-16)24-20(30-19)15-18(21-9-7-14-36-21)23(26(24)31)27(32)34-5-2/h7,9-14,18,22-23,30H,4-6,8,15H2,1-3H3. The molecular weight excluding hydrogens is 481 g/mol. The van der Waals surface area contributed by atoms with Crippen molar-refractivity contribution in [3.05, 3.63) is 80.6 Å². The van der Waals surface area contributed by atoms with Crippen LogP contribution in [0.5, 0.6) is 0 Å². The fraction of sp³-hybridized carbons (Fsp3) is 0.393. The van der Waals surface area contributed by atoms with Crippen LogP contribution in [0.25, 0.3) is 0 Å². The van der Waals surface area contributed by atoms with E-state index in [1.165, 1.54) is 23.5 Å². The Morgan fingerprint density at radius 3 is 2.42 bits per heavy atom. The van der Waals surface area contributed by atoms with Gasteiger partial charge in [0.25, 0.3) is 0 Å². The molecular formula is C28H30FNO5S. The van der Waals surface area contributed by atoms with E-state index >= 15 is 0 Å². The van der Waals surface area contributed by atoms with Gasteiger partial charge in [-0.2, -0.15) is 0 Å². The third-order valence-electron chi connectivity index (χ3n) is 6.55. The predicted octanol–water partition coefficient (Wildman–Crippen LogP) is 5.38. The maximum Gasteiger partial charge on any atom is 0.336 e. The number of dihydropyridines is 1. The van der Waals surface area contributed by atoms with Gasteiger partial charge in [-0.25, -0.2) is 9.18 Å². The molecule has 2 heterocycles. The van der Waals surface area contributed by atoms with E-state index in [2.05, 4.69) is 5.32 Å². The summed E-state index contributed by atoms with van der Waals surface area (Å²) in [6.45, 7) is 5.76. The minimum Gasteiger partial charge on any atom is -0.465 e. The number of ether oxygens (including phenoxy) is 2. The van der Waals surface area contributed by atoms with Crippen LogP contribution in [0, 0.1) is 11.7 Å². The Morgan fingerprint density at radius 1 is 1.08 bits per heavy atom. The third kappa shape index (κ3) is 4.87. The van der Waals surface area contributed by atoms with Crippen molar-refractivity contribution in [2.24, 2.45) is 5.92 Å². The van der Waals surface area contributed by atoms with Crippen LogP contribution in [0.1, 0.15) is 62.3 Å². The van der Waals surface area contributed by atoms with Crippen LogP contribution in [-0.2, 0) is 23.9 Å². The monoisotopic (exact) mass is 511 g/mol. The maximum absolute atomic E-state index is 14.2. The summed E-state index contributed by atoms with van der Waals surface area (Å²) >= 11 is 1.49. The summed E-state index contributed by atoms with van der Waals surface area (Å²) < 4.78 is 24.6. The predicted molar refractivity (Wildman–Crippen MR) is 135 cm³/mol. The Labute approximate surface area is 214 Å². The van der Waals surface area contributed by atoms with E-state index in [0.717, 1.165) is 11.3 Å². The molecule has 0 fully saturated rings. The molecule has 1 aliphatic carbocycles. The molecule has 36 heavy (non-hydrogen) atoms. The number of thiophene rings is 1. The Balaban J connectivity index is 1.91. The van der Waals surface area contributed by atoms with Crippen molar-refractivity contribution in [2.45, 2.75) is 51.9 Å². The van der Waals surface area contributed by atoms with E-state index < -0.39 is 29.6 Å². The van der Waals surface area contributed by atoms with Gasteiger partial charge in [0.2, 0.25) is 0 Å². The van der Waals surface area contributed by atoms with Crippen LogP contribution < -0.4 is 5.32 Å². The number of hydrogen-bond acceptors (Lipinski definition) is 7. The second kappa shape index (κ2) is 11.2. The number of benzene rings is 1. The fourth-order valence-electron chi connectivity index (χ4n) is 5.11. The van der Waals surface area contributed by atoms with Gasteiger partial charge in [0, 0.05) is 33.7 Å². The van der Waals surface area contributed by atoms with Crippen LogP contribution >= 0.6 is 11.3 Å². The van der Waals surface area contributed by atoms with Crippen molar-refractivity contribution in [1.82, 2.24) is 5.32 Å². The molecule has 2 aliphatic rings. The molecule has 1 N–H and O–H groups in total. The maximum atomic E-state index is 14.2. The lowest BCUT2D eigenvalue weighted by atomic mass is 9.68. The molecule has 0 radical (unpaired) electrons. The molecule has 0 bridgehead atoms. The molecule has 6 nitrogen and oxygen atoms in total. The van der Waals surface area contributed by atoms with Gasteiger partial charge in [0.15, 0.2) is 5.78 Å². The second-order valence-corrected chi connectivity index (χ2v) is 9.76. The number of halogens is 1. The van der Waals surface area contributed by atoms with Gasteiger partial charge in [0.1, 0.15) is 11.7 Å². The molecule has 190 valence electrons. The van der Waals surface area contributed by atoms with Crippen LogP contribution in [0.2, 0.25) is 0 Å². The number of carbonyl (C=O) groups excluding carboxylic acids is 3. The number of carbonyl (C=O) groups is 3. The molecule has 0 spiro atoms. The lowest BCUT2D eigenvalue weighted by Gasteiger charge is -2.39. The largest absolute Gasteiger partial charge is 0.465 e. The Morgan fingerprint density at radius 2 is 1.81 bits per heavy atom. The number of allylic oxidation sites excluding steroid dienone is 3. The Hall–Kier alpha value is -3.26. The molecule has 3 unspecified atom stereocenters. The highest BCUT2D eigenvalue weighted by Gasteiger charge is 2.49. The van der Waals surface area contributed by atoms with Crippen molar-refractivity contribution in [3.8, 4) is 0 Å². The normalized spacial score (nSPS) is 21.7. The molecule has 0 amide bonds. The molecule has 4 rings (SSSR count). The first-order valence-electron chi connectivity index (χ1n) is 12.3. The van der Waals surface area contributed by atoms with Crippen LogP contribution in [-0.4, -0.2) is 30.9 Å². The number of esters is 2. The highest BCUT2D eigenvalue weighted by molar-refractivity contribution is 7.10. The summed E-state index contributed by atoms with van der Waals surface area (Å²) in [5.41, 5.74) is 2.64. The van der Waals surface area contributed by atoms with E-state index in [1.54, 1.807) is 26.0 Å². The van der Waals surface area contributed by atoms with E-state index in [4.69, 9.17) is 9.47 Å². The van der Waals surface area contributed by atoms with Gasteiger partial charge in [-0.15, -0.1) is 11.3 Å².